The minimum atomic E-state index is -0.261. The summed E-state index contributed by atoms with van der Waals surface area (Å²) >= 11 is 5.89. The van der Waals surface area contributed by atoms with Crippen molar-refractivity contribution in [3.63, 3.8) is 0 Å². The van der Waals surface area contributed by atoms with E-state index in [1.54, 1.807) is 36.3 Å². The van der Waals surface area contributed by atoms with Crippen molar-refractivity contribution in [2.24, 2.45) is 0 Å². The van der Waals surface area contributed by atoms with E-state index in [2.05, 4.69) is 15.5 Å². The molecule has 1 aliphatic heterocycles. The van der Waals surface area contributed by atoms with Crippen LogP contribution < -0.4 is 10.1 Å². The fourth-order valence-corrected chi connectivity index (χ4v) is 3.43. The fraction of sp³-hybridized carbons (Fsp3) is 0.250. The molecule has 28 heavy (non-hydrogen) atoms. The molecule has 0 spiro atoms. The molecular weight excluding hydrogens is 380 g/mol. The first-order chi connectivity index (χ1) is 13.7. The van der Waals surface area contributed by atoms with E-state index in [9.17, 15) is 4.79 Å². The van der Waals surface area contributed by atoms with Gasteiger partial charge in [0.25, 0.3) is 0 Å². The Bertz CT molecular complexity index is 974. The van der Waals surface area contributed by atoms with Crippen LogP contribution in [0.25, 0.3) is 11.4 Å². The number of hydrogen-bond donors (Lipinski definition) is 1. The van der Waals surface area contributed by atoms with Crippen molar-refractivity contribution in [3.05, 3.63) is 59.4 Å². The smallest absolute Gasteiger partial charge is 0.322 e. The summed E-state index contributed by atoms with van der Waals surface area (Å²) in [5.41, 5.74) is 1.43. The Hall–Kier alpha value is -3.06. The molecule has 0 unspecified atom stereocenters. The number of carbonyl (C=O) groups is 1. The van der Waals surface area contributed by atoms with Crippen molar-refractivity contribution in [3.8, 4) is 17.1 Å². The third-order valence-electron chi connectivity index (χ3n) is 4.68. The Morgan fingerprint density at radius 3 is 2.82 bits per heavy atom. The molecule has 1 aromatic heterocycles. The molecule has 1 fully saturated rings. The Morgan fingerprint density at radius 2 is 2.04 bits per heavy atom. The maximum Gasteiger partial charge on any atom is 0.322 e. The number of ether oxygens (including phenoxy) is 1. The van der Waals surface area contributed by atoms with E-state index in [1.807, 2.05) is 24.3 Å². The highest BCUT2D eigenvalue weighted by molar-refractivity contribution is 6.30. The lowest BCUT2D eigenvalue weighted by molar-refractivity contribution is 0.193. The zero-order chi connectivity index (χ0) is 19.5. The summed E-state index contributed by atoms with van der Waals surface area (Å²) in [6, 6.07) is 14.0. The molecule has 144 valence electrons. The summed E-state index contributed by atoms with van der Waals surface area (Å²) in [6.45, 7) is 0.621. The Morgan fingerprint density at radius 1 is 1.25 bits per heavy atom. The normalized spacial score (nSPS) is 16.2. The average molecular weight is 399 g/mol. The highest BCUT2D eigenvalue weighted by Gasteiger charge is 2.34. The van der Waals surface area contributed by atoms with Crippen LogP contribution in [0.5, 0.6) is 5.75 Å². The number of halogens is 1. The monoisotopic (exact) mass is 398 g/mol. The van der Waals surface area contributed by atoms with E-state index in [0.717, 1.165) is 18.4 Å². The number of likely N-dealkylation sites (tertiary alicyclic amines) is 1. The molecule has 0 radical (unpaired) electrons. The van der Waals surface area contributed by atoms with Gasteiger partial charge in [-0.25, -0.2) is 4.79 Å². The SMILES string of the molecule is COc1ccccc1-c1noc([C@H]2CCCN2C(=O)Nc2ccc(Cl)cc2)n1. The molecule has 1 aliphatic rings. The number of methoxy groups -OCH3 is 1. The first-order valence-electron chi connectivity index (χ1n) is 8.96. The van der Waals surface area contributed by atoms with Crippen molar-refractivity contribution in [2.75, 3.05) is 19.0 Å². The number of urea groups is 1. The molecule has 0 aliphatic carbocycles. The van der Waals surface area contributed by atoms with Gasteiger partial charge in [-0.2, -0.15) is 4.98 Å². The zero-order valence-electron chi connectivity index (χ0n) is 15.3. The van der Waals surface area contributed by atoms with Gasteiger partial charge in [-0.3, -0.25) is 0 Å². The summed E-state index contributed by atoms with van der Waals surface area (Å²) in [7, 11) is 1.60. The van der Waals surface area contributed by atoms with Gasteiger partial charge in [-0.1, -0.05) is 28.9 Å². The van der Waals surface area contributed by atoms with Crippen LogP contribution in [0.3, 0.4) is 0 Å². The van der Waals surface area contributed by atoms with Crippen LogP contribution in [-0.4, -0.2) is 34.7 Å². The number of amides is 2. The second-order valence-electron chi connectivity index (χ2n) is 6.44. The molecule has 2 amide bonds. The number of anilines is 1. The van der Waals surface area contributed by atoms with Gasteiger partial charge in [-0.05, 0) is 49.2 Å². The van der Waals surface area contributed by atoms with Crippen LogP contribution in [0.15, 0.2) is 53.1 Å². The van der Waals surface area contributed by atoms with Crippen molar-refractivity contribution < 1.29 is 14.1 Å². The highest BCUT2D eigenvalue weighted by atomic mass is 35.5. The van der Waals surface area contributed by atoms with E-state index < -0.39 is 0 Å². The minimum absolute atomic E-state index is 0.207. The maximum absolute atomic E-state index is 12.7. The quantitative estimate of drug-likeness (QED) is 0.684. The van der Waals surface area contributed by atoms with Crippen molar-refractivity contribution in [2.45, 2.75) is 18.9 Å². The van der Waals surface area contributed by atoms with Crippen molar-refractivity contribution >= 4 is 23.3 Å². The zero-order valence-corrected chi connectivity index (χ0v) is 16.0. The molecule has 3 aromatic rings. The van der Waals surface area contributed by atoms with Crippen LogP contribution in [-0.2, 0) is 0 Å². The van der Waals surface area contributed by atoms with Gasteiger partial charge in [0.15, 0.2) is 0 Å². The summed E-state index contributed by atoms with van der Waals surface area (Å²) in [5.74, 6) is 1.53. The Labute approximate surface area is 167 Å². The lowest BCUT2D eigenvalue weighted by atomic mass is 10.2. The van der Waals surface area contributed by atoms with Gasteiger partial charge in [0.2, 0.25) is 11.7 Å². The number of benzene rings is 2. The number of aromatic nitrogens is 2. The predicted octanol–water partition coefficient (Wildman–Crippen LogP) is 4.77. The lowest BCUT2D eigenvalue weighted by Gasteiger charge is -2.22. The highest BCUT2D eigenvalue weighted by Crippen LogP contribution is 2.34. The van der Waals surface area contributed by atoms with Gasteiger partial charge >= 0.3 is 6.03 Å². The second kappa shape index (κ2) is 7.90. The largest absolute Gasteiger partial charge is 0.496 e. The van der Waals surface area contributed by atoms with E-state index in [4.69, 9.17) is 20.9 Å². The third kappa shape index (κ3) is 3.66. The molecule has 1 saturated heterocycles. The van der Waals surface area contributed by atoms with E-state index in [0.29, 0.717) is 34.7 Å². The standard InChI is InChI=1S/C20H19ClN4O3/c1-27-17-7-3-2-5-15(17)18-23-19(28-24-18)16-6-4-12-25(16)20(26)22-14-10-8-13(21)9-11-14/h2-3,5,7-11,16H,4,6,12H2,1H3,(H,22,26)/t16-/m1/s1. The number of nitrogens with zero attached hydrogens (tertiary/aromatic N) is 3. The van der Waals surface area contributed by atoms with E-state index in [-0.39, 0.29) is 12.1 Å². The molecule has 8 heteroatoms. The van der Waals surface area contributed by atoms with Gasteiger partial charge in [0, 0.05) is 17.3 Å². The van der Waals surface area contributed by atoms with Crippen LogP contribution in [0, 0.1) is 0 Å². The lowest BCUT2D eigenvalue weighted by Crippen LogP contribution is -2.34. The molecule has 1 N–H and O–H groups in total. The number of para-hydroxylation sites is 1. The van der Waals surface area contributed by atoms with Crippen LogP contribution in [0.1, 0.15) is 24.8 Å². The van der Waals surface area contributed by atoms with Crippen LogP contribution >= 0.6 is 11.6 Å². The minimum Gasteiger partial charge on any atom is -0.496 e. The van der Waals surface area contributed by atoms with E-state index >= 15 is 0 Å². The molecule has 1 atom stereocenters. The number of nitrogens with one attached hydrogen (secondary N) is 1. The third-order valence-corrected chi connectivity index (χ3v) is 4.94. The molecule has 7 nitrogen and oxygen atoms in total. The summed E-state index contributed by atoms with van der Waals surface area (Å²) in [5, 5.41) is 7.59. The van der Waals surface area contributed by atoms with Gasteiger partial charge in [-0.15, -0.1) is 0 Å². The van der Waals surface area contributed by atoms with Crippen LogP contribution in [0.4, 0.5) is 10.5 Å². The summed E-state index contributed by atoms with van der Waals surface area (Å²) < 4.78 is 10.9. The molecule has 2 heterocycles. The Balaban J connectivity index is 1.53. The van der Waals surface area contributed by atoms with E-state index in [1.165, 1.54) is 0 Å². The number of hydrogen-bond acceptors (Lipinski definition) is 5. The average Bonchev–Trinajstić information content (AvgIpc) is 3.39. The Kier molecular flexibility index (Phi) is 5.16. The predicted molar refractivity (Wildman–Crippen MR) is 105 cm³/mol. The number of carbonyl (C=O) groups excluding carboxylic acids is 1. The molecule has 0 bridgehead atoms. The number of rotatable bonds is 4. The maximum atomic E-state index is 12.7. The van der Waals surface area contributed by atoms with Gasteiger partial charge < -0.3 is 19.5 Å². The second-order valence-corrected chi connectivity index (χ2v) is 6.88. The van der Waals surface area contributed by atoms with Crippen molar-refractivity contribution in [1.82, 2.24) is 15.0 Å². The molecule has 4 rings (SSSR count). The molecule has 2 aromatic carbocycles. The van der Waals surface area contributed by atoms with Gasteiger partial charge in [0.1, 0.15) is 11.8 Å². The van der Waals surface area contributed by atoms with Crippen molar-refractivity contribution in [1.29, 1.82) is 0 Å². The fourth-order valence-electron chi connectivity index (χ4n) is 3.30. The molecular formula is C20H19ClN4O3. The van der Waals surface area contributed by atoms with Crippen LogP contribution in [0.2, 0.25) is 5.02 Å². The topological polar surface area (TPSA) is 80.5 Å². The van der Waals surface area contributed by atoms with Gasteiger partial charge in [0.05, 0.1) is 12.7 Å². The first-order valence-corrected chi connectivity index (χ1v) is 9.33. The summed E-state index contributed by atoms with van der Waals surface area (Å²) in [4.78, 5) is 19.0. The summed E-state index contributed by atoms with van der Waals surface area (Å²) in [6.07, 6.45) is 1.63. The molecule has 0 saturated carbocycles. The first kappa shape index (κ1) is 18.3.